The van der Waals surface area contributed by atoms with Gasteiger partial charge < -0.3 is 14.6 Å². The van der Waals surface area contributed by atoms with Gasteiger partial charge in [0.15, 0.2) is 6.10 Å². The maximum atomic E-state index is 12.1. The molecule has 1 atom stereocenters. The number of aliphatic hydroxyl groups excluding tert-OH is 1. The molecule has 0 aromatic carbocycles. The predicted molar refractivity (Wildman–Crippen MR) is 168 cm³/mol. The molecule has 0 aliphatic rings. The molecule has 0 bridgehead atoms. The van der Waals surface area contributed by atoms with Crippen molar-refractivity contribution in [2.24, 2.45) is 0 Å². The fourth-order valence-electron chi connectivity index (χ4n) is 4.64. The van der Waals surface area contributed by atoms with Gasteiger partial charge >= 0.3 is 11.9 Å². The van der Waals surface area contributed by atoms with Crippen LogP contribution in [0.15, 0.2) is 24.3 Å². The second-order valence-corrected chi connectivity index (χ2v) is 11.2. The first-order chi connectivity index (χ1) is 19.6. The summed E-state index contributed by atoms with van der Waals surface area (Å²) in [6.45, 7) is 4.08. The lowest BCUT2D eigenvalue weighted by molar-refractivity contribution is -0.161. The van der Waals surface area contributed by atoms with Crippen LogP contribution in [0.25, 0.3) is 0 Å². The Hall–Kier alpha value is -1.62. The Bertz CT molecular complexity index is 613. The average molecular weight is 565 g/mol. The van der Waals surface area contributed by atoms with Crippen molar-refractivity contribution in [3.8, 4) is 0 Å². The van der Waals surface area contributed by atoms with Crippen LogP contribution >= 0.6 is 0 Å². The van der Waals surface area contributed by atoms with Crippen LogP contribution in [0, 0.1) is 0 Å². The zero-order valence-corrected chi connectivity index (χ0v) is 26.4. The van der Waals surface area contributed by atoms with Gasteiger partial charge in [0.25, 0.3) is 0 Å². The van der Waals surface area contributed by atoms with Crippen LogP contribution in [-0.2, 0) is 19.1 Å². The normalized spacial score (nSPS) is 12.4. The van der Waals surface area contributed by atoms with Crippen molar-refractivity contribution in [2.75, 3.05) is 13.2 Å². The second kappa shape index (κ2) is 31.9. The number of unbranched alkanes of at least 4 members (excludes halogenated alkanes) is 18. The van der Waals surface area contributed by atoms with Crippen molar-refractivity contribution >= 4 is 11.9 Å². The van der Waals surface area contributed by atoms with Gasteiger partial charge in [-0.2, -0.15) is 0 Å². The summed E-state index contributed by atoms with van der Waals surface area (Å²) < 4.78 is 10.5. The van der Waals surface area contributed by atoms with Crippen LogP contribution < -0.4 is 0 Å². The molecule has 0 aliphatic heterocycles. The summed E-state index contributed by atoms with van der Waals surface area (Å²) in [5.74, 6) is -0.606. The minimum Gasteiger partial charge on any atom is -0.462 e. The number of carbonyl (C=O) groups excluding carboxylic acids is 2. The van der Waals surface area contributed by atoms with Crippen molar-refractivity contribution in [2.45, 2.75) is 174 Å². The highest BCUT2D eigenvalue weighted by Gasteiger charge is 2.16. The topological polar surface area (TPSA) is 72.8 Å². The molecule has 5 heteroatoms. The van der Waals surface area contributed by atoms with Crippen molar-refractivity contribution in [3.05, 3.63) is 24.3 Å². The molecule has 0 aliphatic carbocycles. The zero-order valence-electron chi connectivity index (χ0n) is 26.4. The van der Waals surface area contributed by atoms with Crippen molar-refractivity contribution < 1.29 is 24.2 Å². The van der Waals surface area contributed by atoms with Crippen LogP contribution in [0.3, 0.4) is 0 Å². The third-order valence-corrected chi connectivity index (χ3v) is 7.25. The van der Waals surface area contributed by atoms with Gasteiger partial charge in [0.2, 0.25) is 0 Å². The largest absolute Gasteiger partial charge is 0.462 e. The van der Waals surface area contributed by atoms with E-state index in [0.29, 0.717) is 12.8 Å². The van der Waals surface area contributed by atoms with E-state index in [9.17, 15) is 14.7 Å². The maximum Gasteiger partial charge on any atom is 0.306 e. The summed E-state index contributed by atoms with van der Waals surface area (Å²) in [4.78, 5) is 24.1. The van der Waals surface area contributed by atoms with E-state index in [1.54, 1.807) is 0 Å². The van der Waals surface area contributed by atoms with E-state index in [0.717, 1.165) is 51.4 Å². The Kier molecular flexibility index (Phi) is 30.6. The van der Waals surface area contributed by atoms with Gasteiger partial charge in [0.1, 0.15) is 6.61 Å². The fourth-order valence-corrected chi connectivity index (χ4v) is 4.64. The molecule has 40 heavy (non-hydrogen) atoms. The molecule has 0 saturated heterocycles. The first kappa shape index (κ1) is 38.4. The van der Waals surface area contributed by atoms with Gasteiger partial charge in [-0.3, -0.25) is 9.59 Å². The minimum absolute atomic E-state index is 0.0698. The molecule has 1 N–H and O–H groups in total. The molecule has 0 fully saturated rings. The average Bonchev–Trinajstić information content (AvgIpc) is 2.96. The molecule has 1 unspecified atom stereocenters. The number of rotatable bonds is 30. The fraction of sp³-hybridized carbons (Fsp3) is 0.829. The quantitative estimate of drug-likeness (QED) is 0.0534. The minimum atomic E-state index is -0.770. The molecule has 0 aromatic rings. The van der Waals surface area contributed by atoms with Crippen molar-refractivity contribution in [1.82, 2.24) is 0 Å². The first-order valence-electron chi connectivity index (χ1n) is 16.9. The molecule has 234 valence electrons. The summed E-state index contributed by atoms with van der Waals surface area (Å²) >= 11 is 0. The van der Waals surface area contributed by atoms with Gasteiger partial charge in [0.05, 0.1) is 6.61 Å². The summed E-state index contributed by atoms with van der Waals surface area (Å²) in [6.07, 6.45) is 35.1. The number of allylic oxidation sites excluding steroid dienone is 4. The number of carbonyl (C=O) groups is 2. The number of hydrogen-bond acceptors (Lipinski definition) is 5. The molecular weight excluding hydrogens is 500 g/mol. The maximum absolute atomic E-state index is 12.1. The van der Waals surface area contributed by atoms with E-state index in [1.165, 1.54) is 89.9 Å². The monoisotopic (exact) mass is 564 g/mol. The zero-order chi connectivity index (χ0) is 29.4. The van der Waals surface area contributed by atoms with Gasteiger partial charge in [-0.05, 0) is 44.9 Å². The molecule has 0 aromatic heterocycles. The molecule has 0 rings (SSSR count). The van der Waals surface area contributed by atoms with E-state index in [1.807, 2.05) is 0 Å². The standard InChI is InChI=1S/C35H64O5/c1-3-5-7-9-11-13-15-16-17-18-20-21-23-25-27-29-34(37)39-32-33(31-36)40-35(38)30-28-26-24-22-19-14-12-10-8-6-4-2/h11,13,16-17,33,36H,3-10,12,14-15,18-32H2,1-2H3/b13-11-,17-16-. The smallest absolute Gasteiger partial charge is 0.306 e. The summed E-state index contributed by atoms with van der Waals surface area (Å²) in [5.41, 5.74) is 0. The van der Waals surface area contributed by atoms with E-state index >= 15 is 0 Å². The molecule has 0 radical (unpaired) electrons. The van der Waals surface area contributed by atoms with E-state index in [2.05, 4.69) is 38.2 Å². The Morgan fingerprint density at radius 1 is 0.575 bits per heavy atom. The van der Waals surface area contributed by atoms with E-state index < -0.39 is 6.10 Å². The highest BCUT2D eigenvalue weighted by atomic mass is 16.6. The lowest BCUT2D eigenvalue weighted by atomic mass is 10.1. The van der Waals surface area contributed by atoms with E-state index in [-0.39, 0.29) is 25.2 Å². The van der Waals surface area contributed by atoms with Crippen LogP contribution in [0.4, 0.5) is 0 Å². The first-order valence-corrected chi connectivity index (χ1v) is 16.9. The Morgan fingerprint density at radius 3 is 1.52 bits per heavy atom. The predicted octanol–water partition coefficient (Wildman–Crippen LogP) is 9.95. The summed E-state index contributed by atoms with van der Waals surface area (Å²) in [5, 5.41) is 9.49. The number of hydrogen-bond donors (Lipinski definition) is 1. The second-order valence-electron chi connectivity index (χ2n) is 11.2. The van der Waals surface area contributed by atoms with Crippen LogP contribution in [0.5, 0.6) is 0 Å². The number of ether oxygens (including phenoxy) is 2. The lowest BCUT2D eigenvalue weighted by Crippen LogP contribution is -2.28. The Balaban J connectivity index is 3.60. The molecule has 0 heterocycles. The highest BCUT2D eigenvalue weighted by molar-refractivity contribution is 5.70. The van der Waals surface area contributed by atoms with Gasteiger partial charge in [-0.1, -0.05) is 134 Å². The third kappa shape index (κ3) is 29.4. The van der Waals surface area contributed by atoms with Gasteiger partial charge in [0, 0.05) is 12.8 Å². The van der Waals surface area contributed by atoms with Crippen molar-refractivity contribution in [1.29, 1.82) is 0 Å². The molecule has 0 spiro atoms. The van der Waals surface area contributed by atoms with Crippen LogP contribution in [0.2, 0.25) is 0 Å². The summed E-state index contributed by atoms with van der Waals surface area (Å²) in [6, 6.07) is 0. The lowest BCUT2D eigenvalue weighted by Gasteiger charge is -2.15. The molecular formula is C35H64O5. The summed E-state index contributed by atoms with van der Waals surface area (Å²) in [7, 11) is 0. The molecule has 0 amide bonds. The van der Waals surface area contributed by atoms with E-state index in [4.69, 9.17) is 9.47 Å². The molecule has 0 saturated carbocycles. The van der Waals surface area contributed by atoms with Crippen LogP contribution in [-0.4, -0.2) is 36.4 Å². The Labute approximate surface area is 247 Å². The highest BCUT2D eigenvalue weighted by Crippen LogP contribution is 2.13. The third-order valence-electron chi connectivity index (χ3n) is 7.25. The molecule has 5 nitrogen and oxygen atoms in total. The van der Waals surface area contributed by atoms with Crippen LogP contribution in [0.1, 0.15) is 168 Å². The number of esters is 2. The number of aliphatic hydroxyl groups is 1. The van der Waals surface area contributed by atoms with Gasteiger partial charge in [-0.25, -0.2) is 0 Å². The Morgan fingerprint density at radius 2 is 1.00 bits per heavy atom. The van der Waals surface area contributed by atoms with Crippen molar-refractivity contribution in [3.63, 3.8) is 0 Å². The van der Waals surface area contributed by atoms with Gasteiger partial charge in [-0.15, -0.1) is 0 Å². The SMILES string of the molecule is CCCCC/C=C\C/C=C\CCCCCCCC(=O)OCC(CO)OC(=O)CCCCCCCCCCCCC.